The molecule has 102 valence electrons. The normalized spacial score (nSPS) is 11.6. The number of unbranched alkanes of at least 4 members (excludes halogenated alkanes) is 2. The third-order valence-corrected chi connectivity index (χ3v) is 2.31. The Kier molecular flexibility index (Phi) is 5.21. The molecular formula is C11H16F3N3O. The van der Waals surface area contributed by atoms with Crippen LogP contribution in [0.2, 0.25) is 0 Å². The summed E-state index contributed by atoms with van der Waals surface area (Å²) in [4.78, 5) is 3.78. The van der Waals surface area contributed by atoms with E-state index in [-0.39, 0.29) is 18.2 Å². The van der Waals surface area contributed by atoms with Crippen LogP contribution in [-0.2, 0) is 6.18 Å². The van der Waals surface area contributed by atoms with Crippen LogP contribution in [0, 0.1) is 0 Å². The van der Waals surface area contributed by atoms with E-state index in [1.54, 1.807) is 0 Å². The van der Waals surface area contributed by atoms with Gasteiger partial charge in [-0.3, -0.25) is 0 Å². The molecule has 0 saturated heterocycles. The second-order valence-electron chi connectivity index (χ2n) is 3.87. The number of pyridine rings is 1. The zero-order valence-corrected chi connectivity index (χ0v) is 9.80. The van der Waals surface area contributed by atoms with E-state index in [4.69, 9.17) is 10.8 Å². The average molecular weight is 263 g/mol. The molecule has 1 heterocycles. The van der Waals surface area contributed by atoms with Gasteiger partial charge in [0.15, 0.2) is 0 Å². The fourth-order valence-electron chi connectivity index (χ4n) is 1.44. The number of nitrogens with one attached hydrogen (secondary N) is 1. The maximum absolute atomic E-state index is 12.5. The van der Waals surface area contributed by atoms with E-state index < -0.39 is 11.7 Å². The highest BCUT2D eigenvalue weighted by atomic mass is 19.4. The topological polar surface area (TPSA) is 71.2 Å². The molecule has 0 radical (unpaired) electrons. The van der Waals surface area contributed by atoms with E-state index in [1.807, 2.05) is 0 Å². The number of aliphatic hydroxyl groups excluding tert-OH is 1. The van der Waals surface area contributed by atoms with Gasteiger partial charge in [-0.25, -0.2) is 4.98 Å². The lowest BCUT2D eigenvalue weighted by atomic mass is 10.2. The summed E-state index contributed by atoms with van der Waals surface area (Å²) in [5.41, 5.74) is 4.51. The lowest BCUT2D eigenvalue weighted by Gasteiger charge is -2.11. The number of aromatic nitrogens is 1. The molecule has 1 aromatic rings. The molecule has 4 N–H and O–H groups in total. The molecule has 0 atom stereocenters. The first-order chi connectivity index (χ1) is 8.43. The van der Waals surface area contributed by atoms with Crippen molar-refractivity contribution in [2.75, 3.05) is 24.2 Å². The van der Waals surface area contributed by atoms with E-state index >= 15 is 0 Å². The van der Waals surface area contributed by atoms with Crippen LogP contribution >= 0.6 is 0 Å². The van der Waals surface area contributed by atoms with Crippen molar-refractivity contribution in [1.82, 2.24) is 4.98 Å². The summed E-state index contributed by atoms with van der Waals surface area (Å²) in [6, 6.07) is 1.74. The minimum absolute atomic E-state index is 0.117. The minimum Gasteiger partial charge on any atom is -0.396 e. The Morgan fingerprint density at radius 2 is 1.94 bits per heavy atom. The van der Waals surface area contributed by atoms with Gasteiger partial charge in [0.25, 0.3) is 0 Å². The second kappa shape index (κ2) is 6.44. The molecule has 0 unspecified atom stereocenters. The largest absolute Gasteiger partial charge is 0.416 e. The smallest absolute Gasteiger partial charge is 0.396 e. The quantitative estimate of drug-likeness (QED) is 0.688. The number of nitrogen functional groups attached to an aromatic ring is 1. The molecule has 4 nitrogen and oxygen atoms in total. The summed E-state index contributed by atoms with van der Waals surface area (Å²) in [5.74, 6) is -0.0472. The van der Waals surface area contributed by atoms with Gasteiger partial charge in [-0.05, 0) is 31.4 Å². The van der Waals surface area contributed by atoms with Gasteiger partial charge in [0.05, 0.1) is 5.56 Å². The molecule has 7 heteroatoms. The number of anilines is 2. The van der Waals surface area contributed by atoms with Crippen LogP contribution in [0.15, 0.2) is 12.1 Å². The first kappa shape index (κ1) is 14.6. The van der Waals surface area contributed by atoms with E-state index in [9.17, 15) is 13.2 Å². The van der Waals surface area contributed by atoms with Gasteiger partial charge in [0.1, 0.15) is 11.6 Å². The number of hydrogen-bond acceptors (Lipinski definition) is 4. The molecular weight excluding hydrogens is 247 g/mol. The molecule has 0 fully saturated rings. The van der Waals surface area contributed by atoms with Crippen LogP contribution in [0.1, 0.15) is 24.8 Å². The highest BCUT2D eigenvalue weighted by molar-refractivity contribution is 5.47. The van der Waals surface area contributed by atoms with E-state index in [2.05, 4.69) is 10.3 Å². The molecule has 0 aliphatic carbocycles. The Hall–Kier alpha value is -1.50. The van der Waals surface area contributed by atoms with E-state index in [0.717, 1.165) is 25.0 Å². The van der Waals surface area contributed by atoms with Crippen LogP contribution in [-0.4, -0.2) is 23.2 Å². The summed E-state index contributed by atoms with van der Waals surface area (Å²) < 4.78 is 37.5. The molecule has 18 heavy (non-hydrogen) atoms. The van der Waals surface area contributed by atoms with Gasteiger partial charge in [-0.1, -0.05) is 0 Å². The van der Waals surface area contributed by atoms with Crippen LogP contribution in [0.25, 0.3) is 0 Å². The second-order valence-corrected chi connectivity index (χ2v) is 3.87. The van der Waals surface area contributed by atoms with Crippen molar-refractivity contribution in [2.45, 2.75) is 25.4 Å². The molecule has 0 aliphatic heterocycles. The standard InChI is InChI=1S/C11H16F3N3O/c12-11(13,14)8-6-9(15)17-10(7-8)16-4-2-1-3-5-18/h6-7,18H,1-5H2,(H3,15,16,17). The van der Waals surface area contributed by atoms with Crippen molar-refractivity contribution in [3.8, 4) is 0 Å². The summed E-state index contributed by atoms with van der Waals surface area (Å²) >= 11 is 0. The molecule has 0 aromatic carbocycles. The number of aliphatic hydroxyl groups is 1. The summed E-state index contributed by atoms with van der Waals surface area (Å²) in [7, 11) is 0. The Morgan fingerprint density at radius 1 is 1.22 bits per heavy atom. The van der Waals surface area contributed by atoms with Crippen LogP contribution in [0.4, 0.5) is 24.8 Å². The fourth-order valence-corrected chi connectivity index (χ4v) is 1.44. The minimum atomic E-state index is -4.43. The summed E-state index contributed by atoms with van der Waals surface area (Å²) in [6.07, 6.45) is -2.19. The van der Waals surface area contributed by atoms with Gasteiger partial charge in [0.2, 0.25) is 0 Å². The molecule has 1 aromatic heterocycles. The van der Waals surface area contributed by atoms with Crippen LogP contribution < -0.4 is 11.1 Å². The summed E-state index contributed by atoms with van der Waals surface area (Å²) in [6.45, 7) is 0.614. The van der Waals surface area contributed by atoms with E-state index in [1.165, 1.54) is 0 Å². The Balaban J connectivity index is 2.58. The van der Waals surface area contributed by atoms with Crippen molar-refractivity contribution < 1.29 is 18.3 Å². The molecule has 0 bridgehead atoms. The van der Waals surface area contributed by atoms with Gasteiger partial charge >= 0.3 is 6.18 Å². The maximum Gasteiger partial charge on any atom is 0.416 e. The van der Waals surface area contributed by atoms with Crippen LogP contribution in [0.3, 0.4) is 0 Å². The van der Waals surface area contributed by atoms with Gasteiger partial charge in [-0.2, -0.15) is 13.2 Å². The highest BCUT2D eigenvalue weighted by Crippen LogP contribution is 2.31. The fraction of sp³-hybridized carbons (Fsp3) is 0.545. The predicted octanol–water partition coefficient (Wildman–Crippen LogP) is 2.26. The molecule has 0 amide bonds. The van der Waals surface area contributed by atoms with Crippen molar-refractivity contribution in [3.05, 3.63) is 17.7 Å². The number of nitrogens with zero attached hydrogens (tertiary/aromatic N) is 1. The maximum atomic E-state index is 12.5. The lowest BCUT2D eigenvalue weighted by molar-refractivity contribution is -0.137. The Labute approximate surface area is 103 Å². The number of hydrogen-bond donors (Lipinski definition) is 3. The van der Waals surface area contributed by atoms with Crippen molar-refractivity contribution in [2.24, 2.45) is 0 Å². The van der Waals surface area contributed by atoms with Crippen molar-refractivity contribution in [1.29, 1.82) is 0 Å². The number of halogens is 3. The third kappa shape index (κ3) is 4.79. The summed E-state index contributed by atoms with van der Waals surface area (Å²) in [5, 5.41) is 11.4. The first-order valence-corrected chi connectivity index (χ1v) is 5.63. The van der Waals surface area contributed by atoms with Crippen LogP contribution in [0.5, 0.6) is 0 Å². The SMILES string of the molecule is Nc1cc(C(F)(F)F)cc(NCCCCCO)n1. The number of alkyl halides is 3. The molecule has 1 rings (SSSR count). The van der Waals surface area contributed by atoms with Gasteiger partial charge in [-0.15, -0.1) is 0 Å². The van der Waals surface area contributed by atoms with E-state index in [0.29, 0.717) is 13.0 Å². The number of rotatable bonds is 6. The molecule has 0 spiro atoms. The average Bonchev–Trinajstić information content (AvgIpc) is 2.27. The monoisotopic (exact) mass is 263 g/mol. The Bertz CT molecular complexity index is 382. The van der Waals surface area contributed by atoms with Crippen molar-refractivity contribution in [3.63, 3.8) is 0 Å². The Morgan fingerprint density at radius 3 is 2.56 bits per heavy atom. The number of nitrogens with two attached hydrogens (primary N) is 1. The van der Waals surface area contributed by atoms with Gasteiger partial charge in [0, 0.05) is 13.2 Å². The molecule has 0 aliphatic rings. The first-order valence-electron chi connectivity index (χ1n) is 5.63. The predicted molar refractivity (Wildman–Crippen MR) is 63.1 cm³/mol. The highest BCUT2D eigenvalue weighted by Gasteiger charge is 2.31. The zero-order chi connectivity index (χ0) is 13.6. The van der Waals surface area contributed by atoms with Gasteiger partial charge < -0.3 is 16.2 Å². The lowest BCUT2D eigenvalue weighted by Crippen LogP contribution is -2.10. The zero-order valence-electron chi connectivity index (χ0n) is 9.80. The van der Waals surface area contributed by atoms with Crippen molar-refractivity contribution >= 4 is 11.6 Å². The molecule has 0 saturated carbocycles. The third-order valence-electron chi connectivity index (χ3n) is 2.31.